The minimum absolute atomic E-state index is 0.174. The fraction of sp³-hybridized carbons (Fsp3) is 0.533. The van der Waals surface area contributed by atoms with Crippen molar-refractivity contribution < 1.29 is 4.79 Å². The first kappa shape index (κ1) is 11.6. The number of anilines is 2. The van der Waals surface area contributed by atoms with Gasteiger partial charge in [-0.25, -0.2) is 0 Å². The van der Waals surface area contributed by atoms with Gasteiger partial charge in [0.25, 0.3) is 0 Å². The molecule has 2 saturated carbocycles. The minimum Gasteiger partial charge on any atom is -0.382 e. The molecule has 1 aromatic carbocycles. The lowest BCUT2D eigenvalue weighted by atomic mass is 10.2. The predicted octanol–water partition coefficient (Wildman–Crippen LogP) is 3.39. The molecule has 96 valence electrons. The second-order valence-electron chi connectivity index (χ2n) is 5.47. The highest BCUT2D eigenvalue weighted by molar-refractivity contribution is 5.94. The lowest BCUT2D eigenvalue weighted by molar-refractivity contribution is -0.117. The molecule has 3 nitrogen and oxygen atoms in total. The van der Waals surface area contributed by atoms with Crippen molar-refractivity contribution in [2.24, 2.45) is 5.92 Å². The molecular formula is C15H20N2O. The third-order valence-electron chi connectivity index (χ3n) is 3.80. The van der Waals surface area contributed by atoms with Crippen molar-refractivity contribution in [3.63, 3.8) is 0 Å². The van der Waals surface area contributed by atoms with Gasteiger partial charge in [-0.15, -0.1) is 0 Å². The monoisotopic (exact) mass is 244 g/mol. The van der Waals surface area contributed by atoms with Crippen LogP contribution in [0.4, 0.5) is 11.4 Å². The Bertz CT molecular complexity index is 434. The van der Waals surface area contributed by atoms with Crippen molar-refractivity contribution in [3.05, 3.63) is 24.3 Å². The van der Waals surface area contributed by atoms with E-state index in [9.17, 15) is 4.79 Å². The Hall–Kier alpha value is -1.51. The van der Waals surface area contributed by atoms with Gasteiger partial charge >= 0.3 is 0 Å². The van der Waals surface area contributed by atoms with Crippen LogP contribution in [0, 0.1) is 5.92 Å². The zero-order chi connectivity index (χ0) is 12.4. The Morgan fingerprint density at radius 2 is 1.78 bits per heavy atom. The number of amides is 1. The van der Waals surface area contributed by atoms with Gasteiger partial charge < -0.3 is 10.6 Å². The molecule has 0 radical (unpaired) electrons. The number of hydrogen-bond donors (Lipinski definition) is 2. The Labute approximate surface area is 108 Å². The van der Waals surface area contributed by atoms with Crippen LogP contribution < -0.4 is 10.6 Å². The summed E-state index contributed by atoms with van der Waals surface area (Å²) in [5, 5.41) is 6.54. The van der Waals surface area contributed by atoms with Crippen LogP contribution in [0.25, 0.3) is 0 Å². The third kappa shape index (κ3) is 2.84. The Balaban J connectivity index is 1.62. The molecule has 2 aliphatic carbocycles. The van der Waals surface area contributed by atoms with Crippen molar-refractivity contribution >= 4 is 17.3 Å². The second-order valence-corrected chi connectivity index (χ2v) is 5.47. The lowest BCUT2D eigenvalue weighted by Crippen LogP contribution is -2.16. The molecule has 0 saturated heterocycles. The average Bonchev–Trinajstić information content (AvgIpc) is 3.10. The van der Waals surface area contributed by atoms with Crippen LogP contribution in [0.1, 0.15) is 38.5 Å². The Kier molecular flexibility index (Phi) is 3.22. The molecule has 1 amide bonds. The van der Waals surface area contributed by atoms with E-state index in [1.165, 1.54) is 25.7 Å². The highest BCUT2D eigenvalue weighted by Crippen LogP contribution is 2.30. The molecule has 0 spiro atoms. The van der Waals surface area contributed by atoms with Gasteiger partial charge in [0.05, 0.1) is 0 Å². The molecule has 0 unspecified atom stereocenters. The summed E-state index contributed by atoms with van der Waals surface area (Å²) in [6, 6.07) is 8.68. The second kappa shape index (κ2) is 5.01. The molecule has 0 atom stereocenters. The van der Waals surface area contributed by atoms with E-state index in [-0.39, 0.29) is 11.8 Å². The van der Waals surface area contributed by atoms with E-state index in [1.807, 2.05) is 18.2 Å². The molecule has 0 heterocycles. The molecule has 18 heavy (non-hydrogen) atoms. The highest BCUT2D eigenvalue weighted by Gasteiger charge is 2.29. The zero-order valence-electron chi connectivity index (χ0n) is 10.6. The van der Waals surface area contributed by atoms with E-state index in [4.69, 9.17) is 0 Å². The van der Waals surface area contributed by atoms with Crippen LogP contribution in [-0.4, -0.2) is 11.9 Å². The van der Waals surface area contributed by atoms with Crippen LogP contribution in [0.5, 0.6) is 0 Å². The largest absolute Gasteiger partial charge is 0.382 e. The maximum atomic E-state index is 11.7. The molecule has 2 N–H and O–H groups in total. The van der Waals surface area contributed by atoms with Crippen LogP contribution in [0.3, 0.4) is 0 Å². The highest BCUT2D eigenvalue weighted by atomic mass is 16.2. The van der Waals surface area contributed by atoms with E-state index < -0.39 is 0 Å². The number of carbonyl (C=O) groups excluding carboxylic acids is 1. The Morgan fingerprint density at radius 3 is 2.50 bits per heavy atom. The van der Waals surface area contributed by atoms with Gasteiger partial charge in [-0.05, 0) is 43.9 Å². The van der Waals surface area contributed by atoms with E-state index in [1.54, 1.807) is 0 Å². The maximum Gasteiger partial charge on any atom is 0.227 e. The van der Waals surface area contributed by atoms with Crippen molar-refractivity contribution in [1.29, 1.82) is 0 Å². The van der Waals surface area contributed by atoms with Gasteiger partial charge in [0, 0.05) is 23.3 Å². The molecule has 0 aliphatic heterocycles. The van der Waals surface area contributed by atoms with Gasteiger partial charge in [0.2, 0.25) is 5.91 Å². The summed E-state index contributed by atoms with van der Waals surface area (Å²) in [5.74, 6) is 0.435. The van der Waals surface area contributed by atoms with Crippen molar-refractivity contribution in [1.82, 2.24) is 0 Å². The molecule has 2 fully saturated rings. The predicted molar refractivity (Wildman–Crippen MR) is 73.7 cm³/mol. The topological polar surface area (TPSA) is 41.1 Å². The summed E-state index contributed by atoms with van der Waals surface area (Å²) in [6.45, 7) is 0. The average molecular weight is 244 g/mol. The van der Waals surface area contributed by atoms with E-state index in [0.717, 1.165) is 24.2 Å². The number of hydrogen-bond acceptors (Lipinski definition) is 2. The first-order valence-electron chi connectivity index (χ1n) is 6.99. The summed E-state index contributed by atoms with van der Waals surface area (Å²) < 4.78 is 0. The third-order valence-corrected chi connectivity index (χ3v) is 3.80. The molecular weight excluding hydrogens is 224 g/mol. The maximum absolute atomic E-state index is 11.7. The molecule has 2 aliphatic rings. The zero-order valence-corrected chi connectivity index (χ0v) is 10.6. The van der Waals surface area contributed by atoms with Crippen molar-refractivity contribution in [2.45, 2.75) is 44.6 Å². The quantitative estimate of drug-likeness (QED) is 0.852. The van der Waals surface area contributed by atoms with Crippen LogP contribution >= 0.6 is 0 Å². The summed E-state index contributed by atoms with van der Waals surface area (Å²) in [6.07, 6.45) is 7.28. The first-order chi connectivity index (χ1) is 8.81. The SMILES string of the molecule is O=C(Nc1cccc(NC2CCCC2)c1)C1CC1. The summed E-state index contributed by atoms with van der Waals surface area (Å²) in [4.78, 5) is 11.7. The normalized spacial score (nSPS) is 19.8. The van der Waals surface area contributed by atoms with Crippen LogP contribution in [0.2, 0.25) is 0 Å². The van der Waals surface area contributed by atoms with E-state index in [0.29, 0.717) is 6.04 Å². The number of benzene rings is 1. The summed E-state index contributed by atoms with van der Waals surface area (Å²) in [7, 11) is 0. The first-order valence-corrected chi connectivity index (χ1v) is 6.99. The summed E-state index contributed by atoms with van der Waals surface area (Å²) in [5.41, 5.74) is 2.03. The van der Waals surface area contributed by atoms with Gasteiger partial charge in [-0.3, -0.25) is 4.79 Å². The minimum atomic E-state index is 0.174. The van der Waals surface area contributed by atoms with Crippen molar-refractivity contribution in [2.75, 3.05) is 10.6 Å². The number of carbonyl (C=O) groups is 1. The van der Waals surface area contributed by atoms with Gasteiger partial charge in [-0.1, -0.05) is 18.9 Å². The Morgan fingerprint density at radius 1 is 1.06 bits per heavy atom. The molecule has 0 bridgehead atoms. The van der Waals surface area contributed by atoms with E-state index in [2.05, 4.69) is 16.7 Å². The van der Waals surface area contributed by atoms with Gasteiger partial charge in [0.1, 0.15) is 0 Å². The number of rotatable bonds is 4. The standard InChI is InChI=1S/C15H20N2O/c18-15(11-8-9-11)17-14-7-3-6-13(10-14)16-12-4-1-2-5-12/h3,6-7,10-12,16H,1-2,4-5,8-9H2,(H,17,18). The molecule has 0 aromatic heterocycles. The van der Waals surface area contributed by atoms with Crippen molar-refractivity contribution in [3.8, 4) is 0 Å². The molecule has 3 heteroatoms. The fourth-order valence-electron chi connectivity index (χ4n) is 2.58. The van der Waals surface area contributed by atoms with Gasteiger partial charge in [0.15, 0.2) is 0 Å². The smallest absolute Gasteiger partial charge is 0.227 e. The number of nitrogens with one attached hydrogen (secondary N) is 2. The molecule has 1 aromatic rings. The van der Waals surface area contributed by atoms with Crippen LogP contribution in [-0.2, 0) is 4.79 Å². The van der Waals surface area contributed by atoms with Gasteiger partial charge in [-0.2, -0.15) is 0 Å². The summed E-state index contributed by atoms with van der Waals surface area (Å²) >= 11 is 0. The van der Waals surface area contributed by atoms with E-state index >= 15 is 0 Å². The molecule has 3 rings (SSSR count). The fourth-order valence-corrected chi connectivity index (χ4v) is 2.58. The lowest BCUT2D eigenvalue weighted by Gasteiger charge is -2.14. The van der Waals surface area contributed by atoms with Crippen LogP contribution in [0.15, 0.2) is 24.3 Å².